The molecule has 0 unspecified atom stereocenters. The van der Waals surface area contributed by atoms with Gasteiger partial charge in [0.25, 0.3) is 0 Å². The van der Waals surface area contributed by atoms with Gasteiger partial charge in [-0.25, -0.2) is 4.79 Å². The molecule has 0 fully saturated rings. The predicted octanol–water partition coefficient (Wildman–Crippen LogP) is 3.59. The first kappa shape index (κ1) is 14.6. The third-order valence-corrected chi connectivity index (χ3v) is 3.46. The van der Waals surface area contributed by atoms with Gasteiger partial charge in [0.1, 0.15) is 6.07 Å². The number of nitrogens with zero attached hydrogens (tertiary/aromatic N) is 2. The molecule has 0 spiro atoms. The Labute approximate surface area is 123 Å². The SMILES string of the molecule is CCc1ccc(N(C)c2ccc(C(=O)O)cc2C#N)cc1. The third-order valence-electron chi connectivity index (χ3n) is 3.46. The lowest BCUT2D eigenvalue weighted by Crippen LogP contribution is -2.12. The van der Waals surface area contributed by atoms with Crippen molar-refractivity contribution in [1.82, 2.24) is 0 Å². The van der Waals surface area contributed by atoms with Crippen LogP contribution in [0.15, 0.2) is 42.5 Å². The van der Waals surface area contributed by atoms with Gasteiger partial charge in [0.05, 0.1) is 16.8 Å². The number of carbonyl (C=O) groups is 1. The van der Waals surface area contributed by atoms with Gasteiger partial charge in [0.2, 0.25) is 0 Å². The van der Waals surface area contributed by atoms with E-state index in [4.69, 9.17) is 5.11 Å². The summed E-state index contributed by atoms with van der Waals surface area (Å²) >= 11 is 0. The van der Waals surface area contributed by atoms with Gasteiger partial charge < -0.3 is 10.0 Å². The average molecular weight is 280 g/mol. The zero-order valence-electron chi connectivity index (χ0n) is 12.0. The fourth-order valence-corrected chi connectivity index (χ4v) is 2.15. The predicted molar refractivity (Wildman–Crippen MR) is 82.0 cm³/mol. The van der Waals surface area contributed by atoms with Crippen molar-refractivity contribution in [2.24, 2.45) is 0 Å². The van der Waals surface area contributed by atoms with Crippen molar-refractivity contribution >= 4 is 17.3 Å². The minimum absolute atomic E-state index is 0.116. The maximum absolute atomic E-state index is 11.0. The Kier molecular flexibility index (Phi) is 4.24. The van der Waals surface area contributed by atoms with E-state index in [1.807, 2.05) is 36.2 Å². The second-order valence-corrected chi connectivity index (χ2v) is 4.73. The quantitative estimate of drug-likeness (QED) is 0.929. The molecule has 21 heavy (non-hydrogen) atoms. The van der Waals surface area contributed by atoms with Crippen molar-refractivity contribution in [2.45, 2.75) is 13.3 Å². The van der Waals surface area contributed by atoms with Crippen LogP contribution < -0.4 is 4.90 Å². The van der Waals surface area contributed by atoms with Gasteiger partial charge in [-0.05, 0) is 42.3 Å². The largest absolute Gasteiger partial charge is 0.478 e. The molecular formula is C17H16N2O2. The Morgan fingerprint density at radius 2 is 1.90 bits per heavy atom. The number of carboxylic acids is 1. The molecule has 0 radical (unpaired) electrons. The first-order chi connectivity index (χ1) is 10.1. The van der Waals surface area contributed by atoms with Crippen molar-refractivity contribution in [3.8, 4) is 6.07 Å². The number of hydrogen-bond acceptors (Lipinski definition) is 3. The fourth-order valence-electron chi connectivity index (χ4n) is 2.15. The van der Waals surface area contributed by atoms with Crippen LogP contribution in [-0.4, -0.2) is 18.1 Å². The Bertz CT molecular complexity index is 700. The van der Waals surface area contributed by atoms with Gasteiger partial charge in [0, 0.05) is 12.7 Å². The molecule has 1 N–H and O–H groups in total. The molecule has 0 aliphatic carbocycles. The number of rotatable bonds is 4. The molecule has 0 saturated heterocycles. The highest BCUT2D eigenvalue weighted by molar-refractivity contribution is 5.89. The molecule has 4 heteroatoms. The molecule has 2 aromatic carbocycles. The second kappa shape index (κ2) is 6.10. The van der Waals surface area contributed by atoms with Gasteiger partial charge in [0.15, 0.2) is 0 Å². The molecule has 0 aromatic heterocycles. The summed E-state index contributed by atoms with van der Waals surface area (Å²) in [4.78, 5) is 12.8. The fraction of sp³-hybridized carbons (Fsp3) is 0.176. The van der Waals surface area contributed by atoms with Gasteiger partial charge in [-0.15, -0.1) is 0 Å². The summed E-state index contributed by atoms with van der Waals surface area (Å²) in [5.41, 5.74) is 3.34. The summed E-state index contributed by atoms with van der Waals surface area (Å²) < 4.78 is 0. The number of nitriles is 1. The molecule has 0 saturated carbocycles. The highest BCUT2D eigenvalue weighted by Gasteiger charge is 2.12. The molecule has 2 aromatic rings. The van der Waals surface area contributed by atoms with Crippen molar-refractivity contribution < 1.29 is 9.90 Å². The summed E-state index contributed by atoms with van der Waals surface area (Å²) in [7, 11) is 1.86. The van der Waals surface area contributed by atoms with Gasteiger partial charge in [-0.1, -0.05) is 19.1 Å². The van der Waals surface area contributed by atoms with E-state index in [1.54, 1.807) is 6.07 Å². The first-order valence-electron chi connectivity index (χ1n) is 6.67. The molecule has 2 rings (SSSR count). The number of carboxylic acid groups (broad SMARTS) is 1. The minimum atomic E-state index is -1.03. The zero-order chi connectivity index (χ0) is 15.4. The Hall–Kier alpha value is -2.80. The second-order valence-electron chi connectivity index (χ2n) is 4.73. The maximum atomic E-state index is 11.0. The smallest absolute Gasteiger partial charge is 0.335 e. The van der Waals surface area contributed by atoms with E-state index in [0.29, 0.717) is 11.3 Å². The van der Waals surface area contributed by atoms with Crippen LogP contribution in [0.25, 0.3) is 0 Å². The highest BCUT2D eigenvalue weighted by atomic mass is 16.4. The third kappa shape index (κ3) is 3.03. The molecule has 0 heterocycles. The zero-order valence-corrected chi connectivity index (χ0v) is 12.0. The lowest BCUT2D eigenvalue weighted by Gasteiger charge is -2.21. The average Bonchev–Trinajstić information content (AvgIpc) is 2.53. The summed E-state index contributed by atoms with van der Waals surface area (Å²) in [6.45, 7) is 2.09. The van der Waals surface area contributed by atoms with Crippen LogP contribution in [0.3, 0.4) is 0 Å². The van der Waals surface area contributed by atoms with Crippen LogP contribution >= 0.6 is 0 Å². The Morgan fingerprint density at radius 1 is 1.24 bits per heavy atom. The van der Waals surface area contributed by atoms with Crippen LogP contribution in [-0.2, 0) is 6.42 Å². The number of aryl methyl sites for hydroxylation is 1. The van der Waals surface area contributed by atoms with Gasteiger partial charge in [-0.3, -0.25) is 0 Å². The summed E-state index contributed by atoms with van der Waals surface area (Å²) in [6, 6.07) is 14.7. The van der Waals surface area contributed by atoms with Crippen molar-refractivity contribution in [3.05, 3.63) is 59.2 Å². The lowest BCUT2D eigenvalue weighted by atomic mass is 10.1. The van der Waals surface area contributed by atoms with E-state index in [1.165, 1.54) is 17.7 Å². The summed E-state index contributed by atoms with van der Waals surface area (Å²) in [5, 5.41) is 18.2. The summed E-state index contributed by atoms with van der Waals surface area (Å²) in [5.74, 6) is -1.03. The van der Waals surface area contributed by atoms with E-state index in [9.17, 15) is 10.1 Å². The number of anilines is 2. The van der Waals surface area contributed by atoms with E-state index in [-0.39, 0.29) is 5.56 Å². The van der Waals surface area contributed by atoms with E-state index in [0.717, 1.165) is 12.1 Å². The standard InChI is InChI=1S/C17H16N2O2/c1-3-12-4-7-15(8-5-12)19(2)16-9-6-13(17(20)21)10-14(16)11-18/h4-10H,3H2,1-2H3,(H,20,21). The maximum Gasteiger partial charge on any atom is 0.335 e. The molecule has 0 bridgehead atoms. The monoisotopic (exact) mass is 280 g/mol. The van der Waals surface area contributed by atoms with Crippen LogP contribution in [0, 0.1) is 11.3 Å². The van der Waals surface area contributed by atoms with E-state index < -0.39 is 5.97 Å². The van der Waals surface area contributed by atoms with Crippen molar-refractivity contribution in [2.75, 3.05) is 11.9 Å². The van der Waals surface area contributed by atoms with E-state index >= 15 is 0 Å². The molecule has 106 valence electrons. The Balaban J connectivity index is 2.40. The molecule has 0 atom stereocenters. The van der Waals surface area contributed by atoms with Crippen LogP contribution in [0.5, 0.6) is 0 Å². The van der Waals surface area contributed by atoms with Crippen molar-refractivity contribution in [3.63, 3.8) is 0 Å². The van der Waals surface area contributed by atoms with Crippen molar-refractivity contribution in [1.29, 1.82) is 5.26 Å². The molecular weight excluding hydrogens is 264 g/mol. The topological polar surface area (TPSA) is 64.3 Å². The van der Waals surface area contributed by atoms with Crippen LogP contribution in [0.2, 0.25) is 0 Å². The number of hydrogen-bond donors (Lipinski definition) is 1. The first-order valence-corrected chi connectivity index (χ1v) is 6.67. The molecule has 0 amide bonds. The van der Waals surface area contributed by atoms with Crippen LogP contribution in [0.1, 0.15) is 28.4 Å². The molecule has 0 aliphatic rings. The molecule has 0 aliphatic heterocycles. The van der Waals surface area contributed by atoms with E-state index in [2.05, 4.69) is 13.0 Å². The lowest BCUT2D eigenvalue weighted by molar-refractivity contribution is 0.0697. The highest BCUT2D eigenvalue weighted by Crippen LogP contribution is 2.27. The van der Waals surface area contributed by atoms with Gasteiger partial charge in [-0.2, -0.15) is 5.26 Å². The Morgan fingerprint density at radius 3 is 2.43 bits per heavy atom. The minimum Gasteiger partial charge on any atom is -0.478 e. The number of benzene rings is 2. The molecule has 4 nitrogen and oxygen atoms in total. The number of aromatic carboxylic acids is 1. The van der Waals surface area contributed by atoms with Crippen LogP contribution in [0.4, 0.5) is 11.4 Å². The van der Waals surface area contributed by atoms with Gasteiger partial charge >= 0.3 is 5.97 Å². The summed E-state index contributed by atoms with van der Waals surface area (Å²) in [6.07, 6.45) is 0.973. The normalized spacial score (nSPS) is 9.95.